The maximum absolute atomic E-state index is 10.1. The molecule has 6 heteroatoms. The molecule has 1 aliphatic carbocycles. The van der Waals surface area contributed by atoms with Gasteiger partial charge in [0, 0.05) is 16.6 Å². The fourth-order valence-electron chi connectivity index (χ4n) is 3.36. The number of nitrogen functional groups attached to an aromatic ring is 1. The van der Waals surface area contributed by atoms with Gasteiger partial charge >= 0.3 is 0 Å². The molecule has 116 valence electrons. The molecule has 0 spiro atoms. The number of rotatable bonds is 0. The minimum absolute atomic E-state index is 0.0693. The van der Waals surface area contributed by atoms with Crippen LogP contribution in [0.2, 0.25) is 0 Å². The zero-order valence-electron chi connectivity index (χ0n) is 11.9. The maximum atomic E-state index is 10.1. The number of benzene rings is 3. The smallest absolute Gasteiger partial charge is 0.205 e. The van der Waals surface area contributed by atoms with Crippen molar-refractivity contribution >= 4 is 16.5 Å². The second-order valence-electron chi connectivity index (χ2n) is 5.63. The second-order valence-corrected chi connectivity index (χ2v) is 5.63. The molecule has 0 aromatic heterocycles. The molecule has 6 nitrogen and oxygen atoms in total. The highest BCUT2D eigenvalue weighted by atomic mass is 16.3. The molecule has 1 unspecified atom stereocenters. The molecule has 3 aromatic carbocycles. The van der Waals surface area contributed by atoms with Crippen molar-refractivity contribution in [2.24, 2.45) is 5.73 Å². The lowest BCUT2D eigenvalue weighted by Gasteiger charge is -2.16. The van der Waals surface area contributed by atoms with Gasteiger partial charge in [-0.2, -0.15) is 0 Å². The van der Waals surface area contributed by atoms with Crippen molar-refractivity contribution in [3.8, 4) is 34.1 Å². The van der Waals surface area contributed by atoms with Crippen molar-refractivity contribution in [2.75, 3.05) is 5.73 Å². The van der Waals surface area contributed by atoms with Gasteiger partial charge in [-0.25, -0.2) is 0 Å². The Bertz CT molecular complexity index is 998. The maximum Gasteiger partial charge on any atom is 0.205 e. The monoisotopic (exact) mass is 310 g/mol. The fraction of sp³-hybridized carbons (Fsp3) is 0.0588. The summed E-state index contributed by atoms with van der Waals surface area (Å²) in [6, 6.07) is 8.66. The molecular weight excluding hydrogens is 296 g/mol. The fourth-order valence-corrected chi connectivity index (χ4v) is 3.36. The van der Waals surface area contributed by atoms with Gasteiger partial charge in [-0.1, -0.05) is 24.3 Å². The van der Waals surface area contributed by atoms with Crippen molar-refractivity contribution in [3.05, 3.63) is 41.5 Å². The van der Waals surface area contributed by atoms with Gasteiger partial charge < -0.3 is 31.9 Å². The largest absolute Gasteiger partial charge is 0.504 e. The Morgan fingerprint density at radius 3 is 2.22 bits per heavy atom. The summed E-state index contributed by atoms with van der Waals surface area (Å²) in [5, 5.41) is 40.0. The molecule has 1 atom stereocenters. The van der Waals surface area contributed by atoms with Crippen molar-refractivity contribution in [3.63, 3.8) is 0 Å². The molecule has 0 saturated carbocycles. The summed E-state index contributed by atoms with van der Waals surface area (Å²) >= 11 is 0. The number of hydrogen-bond acceptors (Lipinski definition) is 6. The minimum atomic E-state index is -0.814. The highest BCUT2D eigenvalue weighted by Gasteiger charge is 2.31. The van der Waals surface area contributed by atoms with Crippen LogP contribution in [0.3, 0.4) is 0 Å². The minimum Gasteiger partial charge on any atom is -0.504 e. The first-order chi connectivity index (χ1) is 10.9. The van der Waals surface area contributed by atoms with Gasteiger partial charge in [-0.05, 0) is 22.8 Å². The van der Waals surface area contributed by atoms with Crippen molar-refractivity contribution < 1.29 is 20.4 Å². The molecule has 0 heterocycles. The van der Waals surface area contributed by atoms with Crippen LogP contribution in [-0.4, -0.2) is 20.4 Å². The van der Waals surface area contributed by atoms with E-state index in [1.807, 2.05) is 24.3 Å². The van der Waals surface area contributed by atoms with Crippen LogP contribution < -0.4 is 11.5 Å². The lowest BCUT2D eigenvalue weighted by molar-refractivity contribution is 0.351. The second kappa shape index (κ2) is 4.21. The lowest BCUT2D eigenvalue weighted by atomic mass is 9.95. The number of phenols is 4. The number of hydrogen-bond donors (Lipinski definition) is 6. The quantitative estimate of drug-likeness (QED) is 0.214. The van der Waals surface area contributed by atoms with Crippen molar-refractivity contribution in [2.45, 2.75) is 6.04 Å². The number of nitrogens with two attached hydrogens (primary N) is 2. The molecule has 0 amide bonds. The van der Waals surface area contributed by atoms with Gasteiger partial charge in [0.05, 0.1) is 11.4 Å². The van der Waals surface area contributed by atoms with Gasteiger partial charge in [0.2, 0.25) is 11.5 Å². The van der Waals surface area contributed by atoms with Crippen molar-refractivity contribution in [1.82, 2.24) is 0 Å². The van der Waals surface area contributed by atoms with Gasteiger partial charge in [-0.3, -0.25) is 0 Å². The van der Waals surface area contributed by atoms with Crippen LogP contribution in [0.4, 0.5) is 5.69 Å². The summed E-state index contributed by atoms with van der Waals surface area (Å²) < 4.78 is 0. The molecule has 4 rings (SSSR count). The highest BCUT2D eigenvalue weighted by Crippen LogP contribution is 2.55. The Kier molecular flexibility index (Phi) is 2.48. The molecule has 0 saturated heterocycles. The predicted molar refractivity (Wildman–Crippen MR) is 86.5 cm³/mol. The molecule has 0 fully saturated rings. The van der Waals surface area contributed by atoms with Gasteiger partial charge in [0.25, 0.3) is 0 Å². The first kappa shape index (κ1) is 13.5. The first-order valence-corrected chi connectivity index (χ1v) is 7.00. The average Bonchev–Trinajstić information content (AvgIpc) is 2.84. The third-order valence-electron chi connectivity index (χ3n) is 4.47. The van der Waals surface area contributed by atoms with E-state index in [1.54, 1.807) is 6.07 Å². The summed E-state index contributed by atoms with van der Waals surface area (Å²) in [7, 11) is 0. The molecule has 8 N–H and O–H groups in total. The van der Waals surface area contributed by atoms with Crippen LogP contribution >= 0.6 is 0 Å². The van der Waals surface area contributed by atoms with Gasteiger partial charge in [-0.15, -0.1) is 0 Å². The normalized spacial score (nSPS) is 15.6. The number of aromatic hydroxyl groups is 4. The molecule has 0 aliphatic heterocycles. The Morgan fingerprint density at radius 2 is 1.48 bits per heavy atom. The van der Waals surface area contributed by atoms with Crippen LogP contribution in [-0.2, 0) is 0 Å². The number of fused-ring (bicyclic) bond motifs is 4. The Balaban J connectivity index is 2.22. The molecule has 1 aliphatic rings. The third kappa shape index (κ3) is 1.50. The van der Waals surface area contributed by atoms with E-state index in [0.29, 0.717) is 5.56 Å². The average molecular weight is 310 g/mol. The summed E-state index contributed by atoms with van der Waals surface area (Å²) in [5.74, 6) is -2.72. The van der Waals surface area contributed by atoms with E-state index < -0.39 is 29.0 Å². The SMILES string of the molecule is Nc1c2c(cc3c(O)c(O)c(O)c(O)c13)-c1ccccc1C2N. The molecule has 3 aromatic rings. The highest BCUT2D eigenvalue weighted by molar-refractivity contribution is 6.09. The zero-order valence-corrected chi connectivity index (χ0v) is 11.9. The van der Waals surface area contributed by atoms with Crippen LogP contribution in [0, 0.1) is 0 Å². The van der Waals surface area contributed by atoms with Crippen LogP contribution in [0.1, 0.15) is 17.2 Å². The van der Waals surface area contributed by atoms with Crippen LogP contribution in [0.25, 0.3) is 21.9 Å². The first-order valence-electron chi connectivity index (χ1n) is 7.00. The van der Waals surface area contributed by atoms with E-state index in [-0.39, 0.29) is 16.5 Å². The van der Waals surface area contributed by atoms with Crippen LogP contribution in [0.5, 0.6) is 23.0 Å². The van der Waals surface area contributed by atoms with E-state index in [4.69, 9.17) is 11.5 Å². The van der Waals surface area contributed by atoms with E-state index in [2.05, 4.69) is 0 Å². The summed E-state index contributed by atoms with van der Waals surface area (Å²) in [6.07, 6.45) is 0. The zero-order chi connectivity index (χ0) is 16.5. The molecule has 0 radical (unpaired) electrons. The molecule has 23 heavy (non-hydrogen) atoms. The summed E-state index contributed by atoms with van der Waals surface area (Å²) in [4.78, 5) is 0. The Morgan fingerprint density at radius 1 is 0.826 bits per heavy atom. The van der Waals surface area contributed by atoms with Crippen molar-refractivity contribution in [1.29, 1.82) is 0 Å². The third-order valence-corrected chi connectivity index (χ3v) is 4.47. The topological polar surface area (TPSA) is 133 Å². The summed E-state index contributed by atoms with van der Waals surface area (Å²) in [5.41, 5.74) is 15.8. The van der Waals surface area contributed by atoms with Gasteiger partial charge in [0.15, 0.2) is 11.5 Å². The van der Waals surface area contributed by atoms with E-state index in [0.717, 1.165) is 16.7 Å². The van der Waals surface area contributed by atoms with E-state index in [1.165, 1.54) is 0 Å². The number of anilines is 1. The standard InChI is InChI=1S/C17H14N2O4/c18-12-7-4-2-1-3-6(7)8-5-9-11(13(19)10(8)12)15(21)17(23)16(22)14(9)20/h1-5,12,20-23H,18-19H2. The van der Waals surface area contributed by atoms with Crippen LogP contribution in [0.15, 0.2) is 30.3 Å². The molecular formula is C17H14N2O4. The van der Waals surface area contributed by atoms with E-state index in [9.17, 15) is 20.4 Å². The molecule has 0 bridgehead atoms. The summed E-state index contributed by atoms with van der Waals surface area (Å²) in [6.45, 7) is 0. The van der Waals surface area contributed by atoms with E-state index >= 15 is 0 Å². The lowest BCUT2D eigenvalue weighted by Crippen LogP contribution is -2.10. The van der Waals surface area contributed by atoms with Gasteiger partial charge in [0.1, 0.15) is 0 Å². The predicted octanol–water partition coefficient (Wildman–Crippen LogP) is 2.27. The Labute approximate surface area is 130 Å². The Hall–Kier alpha value is -3.12. The number of phenolic OH excluding ortho intramolecular Hbond substituents is 4.